The van der Waals surface area contributed by atoms with Crippen molar-refractivity contribution in [2.24, 2.45) is 0 Å². The molecule has 0 bridgehead atoms. The average molecular weight is 554 g/mol. The van der Waals surface area contributed by atoms with Crippen molar-refractivity contribution in [1.29, 1.82) is 0 Å². The zero-order valence-corrected chi connectivity index (χ0v) is 19.7. The first kappa shape index (κ1) is 22.8. The molecule has 0 unspecified atom stereocenters. The number of carbonyl (C=O) groups excluding carboxylic acids is 2. The molecule has 0 saturated heterocycles. The Kier molecular flexibility index (Phi) is 7.64. The Labute approximate surface area is 194 Å². The van der Waals surface area contributed by atoms with Gasteiger partial charge in [-0.3, -0.25) is 9.59 Å². The van der Waals surface area contributed by atoms with Gasteiger partial charge in [-0.15, -0.1) is 0 Å². The van der Waals surface area contributed by atoms with Crippen molar-refractivity contribution in [2.75, 3.05) is 23.8 Å². The Morgan fingerprint density at radius 3 is 1.65 bits per heavy atom. The van der Waals surface area contributed by atoms with Crippen LogP contribution in [0.3, 0.4) is 0 Å². The third kappa shape index (κ3) is 6.53. The summed E-state index contributed by atoms with van der Waals surface area (Å²) in [6.07, 6.45) is 0. The number of rotatable bonds is 8. The molecule has 3 aromatic rings. The third-order valence-corrected chi connectivity index (χ3v) is 5.14. The summed E-state index contributed by atoms with van der Waals surface area (Å²) in [5.41, 5.74) is 2.10. The van der Waals surface area contributed by atoms with Crippen LogP contribution >= 0.6 is 31.9 Å². The van der Waals surface area contributed by atoms with E-state index in [-0.39, 0.29) is 24.8 Å². The van der Waals surface area contributed by atoms with Gasteiger partial charge in [0.1, 0.15) is 11.5 Å². The number of amides is 2. The van der Waals surface area contributed by atoms with Crippen molar-refractivity contribution in [3.8, 4) is 11.5 Å². The molecule has 0 fully saturated rings. The Balaban J connectivity index is 1.51. The van der Waals surface area contributed by atoms with Gasteiger partial charge in [-0.05, 0) is 91.4 Å². The average Bonchev–Trinajstić information content (AvgIpc) is 3.13. The van der Waals surface area contributed by atoms with E-state index >= 15 is 0 Å². The van der Waals surface area contributed by atoms with Crippen molar-refractivity contribution >= 4 is 55.3 Å². The predicted molar refractivity (Wildman–Crippen MR) is 120 cm³/mol. The maximum absolute atomic E-state index is 12.2. The molecule has 162 valence electrons. The quantitative estimate of drug-likeness (QED) is 0.428. The van der Waals surface area contributed by atoms with E-state index in [4.69, 9.17) is 9.47 Å². The van der Waals surface area contributed by atoms with Gasteiger partial charge in [0.2, 0.25) is 11.6 Å². The highest BCUT2D eigenvalue weighted by molar-refractivity contribution is 9.10. The zero-order valence-electron chi connectivity index (χ0n) is 16.6. The van der Waals surface area contributed by atoms with Crippen LogP contribution in [0.2, 0.25) is 0 Å². The van der Waals surface area contributed by atoms with E-state index in [2.05, 4.69) is 57.4 Å². The lowest BCUT2D eigenvalue weighted by Crippen LogP contribution is -2.24. The molecule has 0 spiro atoms. The predicted octanol–water partition coefficient (Wildman–Crippen LogP) is 4.25. The minimum Gasteiger partial charge on any atom is -0.483 e. The maximum Gasteiger partial charge on any atom is 0.263 e. The molecule has 0 aliphatic rings. The van der Waals surface area contributed by atoms with Crippen LogP contribution in [0.15, 0.2) is 50.0 Å². The standard InChI is InChI=1S/C20H18Br2N4O5/c1-11-3-5-15(13(21)7-11)29-9-17(27)23-19-20(26-31-25-19)24-18(28)10-30-16-6-4-12(2)8-14(16)22/h3-8H,9-10H2,1-2H3,(H,23,25,27)(H,24,26,28). The molecule has 11 heteroatoms. The number of carbonyl (C=O) groups is 2. The van der Waals surface area contributed by atoms with Crippen LogP contribution in [0.1, 0.15) is 11.1 Å². The third-order valence-electron chi connectivity index (χ3n) is 3.90. The van der Waals surface area contributed by atoms with Crippen LogP contribution in [0, 0.1) is 13.8 Å². The first-order chi connectivity index (χ1) is 14.8. The lowest BCUT2D eigenvalue weighted by molar-refractivity contribution is -0.119. The van der Waals surface area contributed by atoms with Crippen molar-refractivity contribution < 1.29 is 23.7 Å². The lowest BCUT2D eigenvalue weighted by Gasteiger charge is -2.09. The summed E-state index contributed by atoms with van der Waals surface area (Å²) in [6, 6.07) is 11.0. The smallest absolute Gasteiger partial charge is 0.263 e. The van der Waals surface area contributed by atoms with Gasteiger partial charge in [-0.2, -0.15) is 0 Å². The van der Waals surface area contributed by atoms with Gasteiger partial charge >= 0.3 is 0 Å². The van der Waals surface area contributed by atoms with Crippen molar-refractivity contribution in [1.82, 2.24) is 10.3 Å². The van der Waals surface area contributed by atoms with Gasteiger partial charge in [0.15, 0.2) is 13.2 Å². The second-order valence-corrected chi connectivity index (χ2v) is 8.21. The Hall–Kier alpha value is -2.92. The monoisotopic (exact) mass is 552 g/mol. The first-order valence-corrected chi connectivity index (χ1v) is 10.6. The van der Waals surface area contributed by atoms with E-state index in [0.29, 0.717) is 11.5 Å². The molecule has 0 atom stereocenters. The van der Waals surface area contributed by atoms with Gasteiger partial charge in [0, 0.05) is 0 Å². The maximum atomic E-state index is 12.2. The van der Waals surface area contributed by atoms with Crippen LogP contribution in [0.5, 0.6) is 11.5 Å². The lowest BCUT2D eigenvalue weighted by atomic mass is 10.2. The number of anilines is 2. The van der Waals surface area contributed by atoms with Gasteiger partial charge in [0.25, 0.3) is 11.8 Å². The number of nitrogens with one attached hydrogen (secondary N) is 2. The molecule has 2 aromatic carbocycles. The highest BCUT2D eigenvalue weighted by Gasteiger charge is 2.17. The Morgan fingerprint density at radius 2 is 1.26 bits per heavy atom. The molecular weight excluding hydrogens is 536 g/mol. The Morgan fingerprint density at radius 1 is 0.839 bits per heavy atom. The molecule has 0 radical (unpaired) electrons. The van der Waals surface area contributed by atoms with E-state index < -0.39 is 11.8 Å². The van der Waals surface area contributed by atoms with E-state index in [1.807, 2.05) is 38.1 Å². The number of hydrogen-bond donors (Lipinski definition) is 2. The van der Waals surface area contributed by atoms with Crippen LogP contribution < -0.4 is 20.1 Å². The minimum absolute atomic E-state index is 0.0403. The van der Waals surface area contributed by atoms with E-state index in [9.17, 15) is 9.59 Å². The normalized spacial score (nSPS) is 10.5. The van der Waals surface area contributed by atoms with Crippen LogP contribution in [-0.2, 0) is 9.59 Å². The molecule has 9 nitrogen and oxygen atoms in total. The minimum atomic E-state index is -0.501. The van der Waals surface area contributed by atoms with E-state index in [0.717, 1.165) is 20.1 Å². The summed E-state index contributed by atoms with van der Waals surface area (Å²) in [7, 11) is 0. The molecule has 0 aliphatic carbocycles. The van der Waals surface area contributed by atoms with Gasteiger partial charge in [-0.1, -0.05) is 12.1 Å². The fraction of sp³-hybridized carbons (Fsp3) is 0.200. The molecule has 0 aliphatic heterocycles. The fourth-order valence-electron chi connectivity index (χ4n) is 2.42. The molecule has 31 heavy (non-hydrogen) atoms. The van der Waals surface area contributed by atoms with Crippen LogP contribution in [-0.4, -0.2) is 35.3 Å². The molecular formula is C20H18Br2N4O5. The number of aromatic nitrogens is 2. The molecule has 2 N–H and O–H groups in total. The summed E-state index contributed by atoms with van der Waals surface area (Å²) in [5, 5.41) is 12.1. The van der Waals surface area contributed by atoms with Crippen LogP contribution in [0.25, 0.3) is 0 Å². The van der Waals surface area contributed by atoms with Gasteiger partial charge in [-0.25, -0.2) is 4.63 Å². The van der Waals surface area contributed by atoms with Crippen molar-refractivity contribution in [2.45, 2.75) is 13.8 Å². The van der Waals surface area contributed by atoms with Crippen molar-refractivity contribution in [3.05, 3.63) is 56.5 Å². The van der Waals surface area contributed by atoms with Crippen LogP contribution in [0.4, 0.5) is 11.6 Å². The second kappa shape index (κ2) is 10.4. The number of nitrogens with zero attached hydrogens (tertiary/aromatic N) is 2. The number of ether oxygens (including phenoxy) is 2. The number of benzene rings is 2. The highest BCUT2D eigenvalue weighted by Crippen LogP contribution is 2.26. The summed E-state index contributed by atoms with van der Waals surface area (Å²) in [4.78, 5) is 24.3. The Bertz CT molecular complexity index is 1020. The SMILES string of the molecule is Cc1ccc(OCC(=O)Nc2nonc2NC(=O)COc2ccc(C)cc2Br)c(Br)c1. The summed E-state index contributed by atoms with van der Waals surface area (Å²) in [5.74, 6) is -0.0427. The fourth-order valence-corrected chi connectivity index (χ4v) is 3.64. The van der Waals surface area contributed by atoms with Gasteiger partial charge < -0.3 is 20.1 Å². The molecule has 3 rings (SSSR count). The number of halogens is 2. The first-order valence-electron chi connectivity index (χ1n) is 9.02. The number of aryl methyl sites for hydroxylation is 2. The van der Waals surface area contributed by atoms with Gasteiger partial charge in [0.05, 0.1) is 8.95 Å². The summed E-state index contributed by atoms with van der Waals surface area (Å²) in [6.45, 7) is 3.34. The topological polar surface area (TPSA) is 116 Å². The van der Waals surface area contributed by atoms with Crippen molar-refractivity contribution in [3.63, 3.8) is 0 Å². The zero-order chi connectivity index (χ0) is 22.4. The summed E-state index contributed by atoms with van der Waals surface area (Å²) < 4.78 is 17.0. The highest BCUT2D eigenvalue weighted by atomic mass is 79.9. The molecule has 0 saturated carbocycles. The number of hydrogen-bond acceptors (Lipinski definition) is 7. The van der Waals surface area contributed by atoms with E-state index in [1.165, 1.54) is 0 Å². The van der Waals surface area contributed by atoms with E-state index in [1.54, 1.807) is 12.1 Å². The molecule has 1 aromatic heterocycles. The molecule has 1 heterocycles. The second-order valence-electron chi connectivity index (χ2n) is 6.50. The molecule has 2 amide bonds. The largest absolute Gasteiger partial charge is 0.483 e. The summed E-state index contributed by atoms with van der Waals surface area (Å²) >= 11 is 6.76.